The van der Waals surface area contributed by atoms with E-state index in [1.807, 2.05) is 6.07 Å². The maximum atomic E-state index is 11.2. The molecule has 7 heteroatoms. The first kappa shape index (κ1) is 15.3. The Morgan fingerprint density at radius 3 is 2.57 bits per heavy atom. The van der Waals surface area contributed by atoms with E-state index in [0.29, 0.717) is 18.1 Å². The van der Waals surface area contributed by atoms with Gasteiger partial charge >= 0.3 is 0 Å². The minimum Gasteiger partial charge on any atom is -0.493 e. The Kier molecular flexibility index (Phi) is 4.77. The Labute approximate surface area is 124 Å². The summed E-state index contributed by atoms with van der Waals surface area (Å²) in [6, 6.07) is 10.1. The van der Waals surface area contributed by atoms with Gasteiger partial charge in [0.2, 0.25) is 10.0 Å². The highest BCUT2D eigenvalue weighted by Crippen LogP contribution is 2.19. The fraction of sp³-hybridized carbons (Fsp3) is 0.214. The largest absolute Gasteiger partial charge is 0.493 e. The summed E-state index contributed by atoms with van der Waals surface area (Å²) in [6.45, 7) is 0.655. The average Bonchev–Trinajstić information content (AvgIpc) is 2.47. The Balaban J connectivity index is 1.95. The molecule has 1 heterocycles. The second-order valence-electron chi connectivity index (χ2n) is 4.42. The zero-order chi connectivity index (χ0) is 15.3. The van der Waals surface area contributed by atoms with Crippen molar-refractivity contribution in [3.05, 3.63) is 48.2 Å². The minimum atomic E-state index is -3.63. The van der Waals surface area contributed by atoms with Crippen LogP contribution in [0.25, 0.3) is 0 Å². The summed E-state index contributed by atoms with van der Waals surface area (Å²) in [4.78, 5) is 4.31. The number of ether oxygens (including phenoxy) is 1. The lowest BCUT2D eigenvalue weighted by Gasteiger charge is -2.09. The van der Waals surface area contributed by atoms with E-state index in [9.17, 15) is 8.42 Å². The fourth-order valence-corrected chi connectivity index (χ4v) is 2.37. The number of aromatic nitrogens is 1. The van der Waals surface area contributed by atoms with E-state index in [1.54, 1.807) is 31.5 Å². The highest BCUT2D eigenvalue weighted by atomic mass is 32.2. The van der Waals surface area contributed by atoms with Gasteiger partial charge in [0.1, 0.15) is 0 Å². The summed E-state index contributed by atoms with van der Waals surface area (Å²) >= 11 is 0. The lowest BCUT2D eigenvalue weighted by Crippen LogP contribution is -2.12. The average molecular weight is 307 g/mol. The molecule has 112 valence electrons. The van der Waals surface area contributed by atoms with Crippen LogP contribution in [0, 0.1) is 0 Å². The Bertz CT molecular complexity index is 700. The van der Waals surface area contributed by atoms with E-state index < -0.39 is 10.0 Å². The van der Waals surface area contributed by atoms with Gasteiger partial charge in [-0.15, -0.1) is 0 Å². The van der Waals surface area contributed by atoms with E-state index in [-0.39, 0.29) is 4.90 Å². The number of primary sulfonamides is 1. The first-order valence-electron chi connectivity index (χ1n) is 6.35. The standard InChI is InChI=1S/C14H17N3O3S/c1-20-13-3-2-9-16-14(13)17-10-8-11-4-6-12(7-5-11)21(15,18)19/h2-7,9H,8,10H2,1H3,(H,16,17)(H2,15,18,19). The molecular weight excluding hydrogens is 290 g/mol. The first-order chi connectivity index (χ1) is 10.0. The van der Waals surface area contributed by atoms with Gasteiger partial charge in [0, 0.05) is 12.7 Å². The van der Waals surface area contributed by atoms with Gasteiger partial charge in [0.25, 0.3) is 0 Å². The van der Waals surface area contributed by atoms with E-state index in [2.05, 4.69) is 10.3 Å². The SMILES string of the molecule is COc1cccnc1NCCc1ccc(S(N)(=O)=O)cc1. The van der Waals surface area contributed by atoms with Gasteiger partial charge in [0.15, 0.2) is 11.6 Å². The van der Waals surface area contributed by atoms with E-state index in [4.69, 9.17) is 9.88 Å². The minimum absolute atomic E-state index is 0.116. The number of sulfonamides is 1. The third-order valence-corrected chi connectivity index (χ3v) is 3.88. The van der Waals surface area contributed by atoms with Crippen LogP contribution in [-0.4, -0.2) is 27.1 Å². The lowest BCUT2D eigenvalue weighted by molar-refractivity contribution is 0.415. The molecule has 0 atom stereocenters. The summed E-state index contributed by atoms with van der Waals surface area (Å²) < 4.78 is 27.5. The molecule has 2 rings (SSSR count). The van der Waals surface area contributed by atoms with Gasteiger partial charge in [0.05, 0.1) is 12.0 Å². The quantitative estimate of drug-likeness (QED) is 0.841. The molecule has 1 aromatic carbocycles. The number of pyridine rings is 1. The molecule has 6 nitrogen and oxygen atoms in total. The molecule has 2 aromatic rings. The number of nitrogens with one attached hydrogen (secondary N) is 1. The number of hydrogen-bond donors (Lipinski definition) is 2. The summed E-state index contributed by atoms with van der Waals surface area (Å²) in [5, 5.41) is 8.23. The molecule has 0 saturated carbocycles. The van der Waals surface area contributed by atoms with E-state index >= 15 is 0 Å². The number of nitrogens with two attached hydrogens (primary N) is 1. The molecule has 0 aliphatic rings. The Hall–Kier alpha value is -2.12. The summed E-state index contributed by atoms with van der Waals surface area (Å²) in [6.07, 6.45) is 2.41. The van der Waals surface area contributed by atoms with E-state index in [0.717, 1.165) is 12.0 Å². The van der Waals surface area contributed by atoms with Crippen LogP contribution in [0.4, 0.5) is 5.82 Å². The van der Waals surface area contributed by atoms with Crippen molar-refractivity contribution in [3.63, 3.8) is 0 Å². The molecular formula is C14H17N3O3S. The lowest BCUT2D eigenvalue weighted by atomic mass is 10.1. The van der Waals surface area contributed by atoms with Crippen molar-refractivity contribution in [2.75, 3.05) is 19.0 Å². The molecule has 0 radical (unpaired) electrons. The molecule has 0 amide bonds. The van der Waals surface area contributed by atoms with Crippen molar-refractivity contribution < 1.29 is 13.2 Å². The number of rotatable bonds is 6. The van der Waals surface area contributed by atoms with Gasteiger partial charge in [-0.2, -0.15) is 0 Å². The third kappa shape index (κ3) is 4.17. The number of nitrogens with zero attached hydrogens (tertiary/aromatic N) is 1. The normalized spacial score (nSPS) is 11.1. The van der Waals surface area contributed by atoms with Gasteiger partial charge < -0.3 is 10.1 Å². The zero-order valence-corrected chi connectivity index (χ0v) is 12.4. The molecule has 0 aliphatic carbocycles. The molecule has 0 saturated heterocycles. The number of hydrogen-bond acceptors (Lipinski definition) is 5. The van der Waals surface area contributed by atoms with Crippen LogP contribution in [0.5, 0.6) is 5.75 Å². The predicted molar refractivity (Wildman–Crippen MR) is 80.8 cm³/mol. The van der Waals surface area contributed by atoms with Crippen LogP contribution in [0.3, 0.4) is 0 Å². The van der Waals surface area contributed by atoms with Crippen LogP contribution in [0.1, 0.15) is 5.56 Å². The van der Waals surface area contributed by atoms with Crippen LogP contribution in [0.2, 0.25) is 0 Å². The number of anilines is 1. The summed E-state index contributed by atoms with van der Waals surface area (Å²) in [5.41, 5.74) is 1.00. The van der Waals surface area contributed by atoms with Crippen molar-refractivity contribution in [3.8, 4) is 5.75 Å². The van der Waals surface area contributed by atoms with Crippen LogP contribution in [-0.2, 0) is 16.4 Å². The van der Waals surface area contributed by atoms with Crippen molar-refractivity contribution in [1.29, 1.82) is 0 Å². The van der Waals surface area contributed by atoms with Gasteiger partial charge in [-0.05, 0) is 36.2 Å². The predicted octanol–water partition coefficient (Wildman–Crippen LogP) is 1.39. The van der Waals surface area contributed by atoms with E-state index in [1.165, 1.54) is 12.1 Å². The molecule has 3 N–H and O–H groups in total. The molecule has 0 spiro atoms. The molecule has 0 aliphatic heterocycles. The fourth-order valence-electron chi connectivity index (χ4n) is 1.86. The van der Waals surface area contributed by atoms with Crippen LogP contribution < -0.4 is 15.2 Å². The maximum Gasteiger partial charge on any atom is 0.238 e. The second kappa shape index (κ2) is 6.55. The monoisotopic (exact) mass is 307 g/mol. The van der Waals surface area contributed by atoms with Gasteiger partial charge in [-0.3, -0.25) is 0 Å². The number of methoxy groups -OCH3 is 1. The highest BCUT2D eigenvalue weighted by Gasteiger charge is 2.07. The topological polar surface area (TPSA) is 94.3 Å². The van der Waals surface area contributed by atoms with Crippen molar-refractivity contribution >= 4 is 15.8 Å². The summed E-state index contributed by atoms with van der Waals surface area (Å²) in [7, 11) is -2.04. The van der Waals surface area contributed by atoms with Crippen LogP contribution in [0.15, 0.2) is 47.5 Å². The molecule has 0 fully saturated rings. The Morgan fingerprint density at radius 2 is 1.95 bits per heavy atom. The van der Waals surface area contributed by atoms with Gasteiger partial charge in [-0.25, -0.2) is 18.5 Å². The molecule has 1 aromatic heterocycles. The van der Waals surface area contributed by atoms with Crippen molar-refractivity contribution in [2.24, 2.45) is 5.14 Å². The molecule has 21 heavy (non-hydrogen) atoms. The first-order valence-corrected chi connectivity index (χ1v) is 7.90. The Morgan fingerprint density at radius 1 is 1.24 bits per heavy atom. The second-order valence-corrected chi connectivity index (χ2v) is 5.98. The van der Waals surface area contributed by atoms with Gasteiger partial charge in [-0.1, -0.05) is 12.1 Å². The molecule has 0 unspecified atom stereocenters. The smallest absolute Gasteiger partial charge is 0.238 e. The zero-order valence-electron chi connectivity index (χ0n) is 11.6. The highest BCUT2D eigenvalue weighted by molar-refractivity contribution is 7.89. The molecule has 0 bridgehead atoms. The number of benzene rings is 1. The van der Waals surface area contributed by atoms with Crippen LogP contribution >= 0.6 is 0 Å². The third-order valence-electron chi connectivity index (χ3n) is 2.95. The summed E-state index contributed by atoms with van der Waals surface area (Å²) in [5.74, 6) is 1.36. The van der Waals surface area contributed by atoms with Crippen molar-refractivity contribution in [2.45, 2.75) is 11.3 Å². The maximum absolute atomic E-state index is 11.2. The van der Waals surface area contributed by atoms with Crippen molar-refractivity contribution in [1.82, 2.24) is 4.98 Å².